The van der Waals surface area contributed by atoms with Crippen LogP contribution in [0.25, 0.3) is 0 Å². The molecule has 0 aromatic heterocycles. The Kier molecular flexibility index (Phi) is 3.12. The van der Waals surface area contributed by atoms with E-state index in [1.807, 2.05) is 19.1 Å². The van der Waals surface area contributed by atoms with Crippen molar-refractivity contribution in [1.29, 1.82) is 0 Å². The largest absolute Gasteiger partial charge is 0.390 e. The maximum absolute atomic E-state index is 10.1. The lowest BCUT2D eigenvalue weighted by molar-refractivity contribution is 0.0612. The molecule has 1 aromatic rings. The van der Waals surface area contributed by atoms with E-state index in [2.05, 4.69) is 28.1 Å². The summed E-state index contributed by atoms with van der Waals surface area (Å²) in [4.78, 5) is 0. The summed E-state index contributed by atoms with van der Waals surface area (Å²) in [6.45, 7) is 2.51. The van der Waals surface area contributed by atoms with Gasteiger partial charge in [0.25, 0.3) is 0 Å². The van der Waals surface area contributed by atoms with E-state index in [0.29, 0.717) is 6.54 Å². The van der Waals surface area contributed by atoms with Gasteiger partial charge in [-0.25, -0.2) is 0 Å². The Morgan fingerprint density at radius 1 is 1.31 bits per heavy atom. The molecule has 3 heteroatoms. The molecule has 0 spiro atoms. The van der Waals surface area contributed by atoms with Gasteiger partial charge in [0.15, 0.2) is 0 Å². The number of halogens is 1. The van der Waals surface area contributed by atoms with Crippen LogP contribution in [0.1, 0.15) is 31.7 Å². The fraction of sp³-hybridized carbons (Fsp3) is 0.538. The predicted octanol–water partition coefficient (Wildman–Crippen LogP) is 2.58. The summed E-state index contributed by atoms with van der Waals surface area (Å²) in [7, 11) is 0. The normalized spacial score (nSPS) is 34.2. The first-order valence-corrected chi connectivity index (χ1v) is 6.45. The number of hydrogen-bond donors (Lipinski definition) is 2. The number of hydrogen-bond acceptors (Lipinski definition) is 2. The summed E-state index contributed by atoms with van der Waals surface area (Å²) in [5.74, 6) is 0. The number of nitrogens with two attached hydrogens (primary N) is 1. The predicted molar refractivity (Wildman–Crippen MR) is 69.3 cm³/mol. The quantitative estimate of drug-likeness (QED) is 0.876. The zero-order valence-electron chi connectivity index (χ0n) is 9.54. The van der Waals surface area contributed by atoms with Crippen molar-refractivity contribution in [3.05, 3.63) is 34.3 Å². The van der Waals surface area contributed by atoms with Gasteiger partial charge in [0.1, 0.15) is 0 Å². The molecule has 2 atom stereocenters. The molecule has 16 heavy (non-hydrogen) atoms. The number of aliphatic hydroxyl groups is 1. The van der Waals surface area contributed by atoms with Crippen LogP contribution in [0.5, 0.6) is 0 Å². The Labute approximate surface area is 105 Å². The highest BCUT2D eigenvalue weighted by molar-refractivity contribution is 9.10. The van der Waals surface area contributed by atoms with E-state index in [1.54, 1.807) is 0 Å². The van der Waals surface area contributed by atoms with Crippen molar-refractivity contribution in [2.24, 2.45) is 5.73 Å². The summed E-state index contributed by atoms with van der Waals surface area (Å²) in [6.07, 6.45) is 2.57. The topological polar surface area (TPSA) is 46.2 Å². The van der Waals surface area contributed by atoms with Crippen molar-refractivity contribution in [2.45, 2.75) is 37.2 Å². The van der Waals surface area contributed by atoms with Crippen LogP contribution in [0.3, 0.4) is 0 Å². The van der Waals surface area contributed by atoms with Gasteiger partial charge in [-0.15, -0.1) is 0 Å². The lowest BCUT2D eigenvalue weighted by Crippen LogP contribution is -2.35. The average Bonchev–Trinajstić information content (AvgIpc) is 2.57. The molecule has 0 heterocycles. The minimum Gasteiger partial charge on any atom is -0.390 e. The number of rotatable bonds is 2. The minimum absolute atomic E-state index is 0.0375. The van der Waals surface area contributed by atoms with Crippen molar-refractivity contribution in [3.63, 3.8) is 0 Å². The van der Waals surface area contributed by atoms with Gasteiger partial charge in [0, 0.05) is 16.4 Å². The van der Waals surface area contributed by atoms with Crippen LogP contribution < -0.4 is 5.73 Å². The van der Waals surface area contributed by atoms with E-state index < -0.39 is 5.60 Å². The Bertz CT molecular complexity index is 374. The second-order valence-corrected chi connectivity index (χ2v) is 6.08. The third-order valence-electron chi connectivity index (χ3n) is 3.71. The van der Waals surface area contributed by atoms with Gasteiger partial charge in [-0.3, -0.25) is 0 Å². The van der Waals surface area contributed by atoms with Gasteiger partial charge >= 0.3 is 0 Å². The second kappa shape index (κ2) is 4.13. The van der Waals surface area contributed by atoms with E-state index in [1.165, 1.54) is 5.56 Å². The van der Waals surface area contributed by atoms with Crippen molar-refractivity contribution in [2.75, 3.05) is 6.54 Å². The van der Waals surface area contributed by atoms with Crippen LogP contribution in [-0.2, 0) is 5.41 Å². The van der Waals surface area contributed by atoms with E-state index in [4.69, 9.17) is 5.73 Å². The molecule has 0 saturated heterocycles. The molecule has 0 amide bonds. The standard InChI is InChI=1S/C13H18BrNO/c1-12(16)6-7-13(8-12,9-15)10-2-4-11(14)5-3-10/h2-5,16H,6-9,15H2,1H3. The molecule has 2 nitrogen and oxygen atoms in total. The van der Waals surface area contributed by atoms with Gasteiger partial charge in [0.2, 0.25) is 0 Å². The Morgan fingerprint density at radius 3 is 2.38 bits per heavy atom. The van der Waals surface area contributed by atoms with E-state index in [0.717, 1.165) is 23.7 Å². The smallest absolute Gasteiger partial charge is 0.0629 e. The molecule has 0 bridgehead atoms. The van der Waals surface area contributed by atoms with Gasteiger partial charge in [-0.1, -0.05) is 28.1 Å². The molecule has 2 unspecified atom stereocenters. The highest BCUT2D eigenvalue weighted by atomic mass is 79.9. The van der Waals surface area contributed by atoms with Gasteiger partial charge in [-0.05, 0) is 43.9 Å². The molecule has 2 rings (SSSR count). The molecular formula is C13H18BrNO. The van der Waals surface area contributed by atoms with Crippen molar-refractivity contribution in [3.8, 4) is 0 Å². The van der Waals surface area contributed by atoms with Crippen molar-refractivity contribution in [1.82, 2.24) is 0 Å². The van der Waals surface area contributed by atoms with Crippen LogP contribution in [0.2, 0.25) is 0 Å². The SMILES string of the molecule is CC1(O)CCC(CN)(c2ccc(Br)cc2)C1. The van der Waals surface area contributed by atoms with Crippen LogP contribution >= 0.6 is 15.9 Å². The molecule has 0 aliphatic heterocycles. The molecule has 88 valence electrons. The Hall–Kier alpha value is -0.380. The summed E-state index contributed by atoms with van der Waals surface area (Å²) >= 11 is 3.44. The molecular weight excluding hydrogens is 266 g/mol. The Morgan fingerprint density at radius 2 is 1.94 bits per heavy atom. The summed E-state index contributed by atoms with van der Waals surface area (Å²) < 4.78 is 1.08. The van der Waals surface area contributed by atoms with Gasteiger partial charge < -0.3 is 10.8 Å². The zero-order chi connectivity index (χ0) is 11.8. The lowest BCUT2D eigenvalue weighted by Gasteiger charge is -2.29. The van der Waals surface area contributed by atoms with Crippen LogP contribution in [-0.4, -0.2) is 17.3 Å². The molecule has 0 radical (unpaired) electrons. The monoisotopic (exact) mass is 283 g/mol. The highest BCUT2D eigenvalue weighted by Gasteiger charge is 2.44. The molecule has 1 saturated carbocycles. The third-order valence-corrected chi connectivity index (χ3v) is 4.24. The lowest BCUT2D eigenvalue weighted by atomic mass is 9.78. The highest BCUT2D eigenvalue weighted by Crippen LogP contribution is 2.45. The molecule has 1 aliphatic carbocycles. The number of benzene rings is 1. The molecule has 1 aromatic carbocycles. The fourth-order valence-electron chi connectivity index (χ4n) is 2.76. The van der Waals surface area contributed by atoms with Crippen LogP contribution in [0.15, 0.2) is 28.7 Å². The Balaban J connectivity index is 2.33. The third kappa shape index (κ3) is 2.17. The van der Waals surface area contributed by atoms with Crippen LogP contribution in [0.4, 0.5) is 0 Å². The molecule has 3 N–H and O–H groups in total. The summed E-state index contributed by atoms with van der Waals surface area (Å²) in [6, 6.07) is 8.30. The zero-order valence-corrected chi connectivity index (χ0v) is 11.1. The van der Waals surface area contributed by atoms with Crippen LogP contribution in [0, 0.1) is 0 Å². The molecule has 1 aliphatic rings. The average molecular weight is 284 g/mol. The first-order chi connectivity index (χ1) is 7.47. The second-order valence-electron chi connectivity index (χ2n) is 5.17. The van der Waals surface area contributed by atoms with E-state index in [-0.39, 0.29) is 5.41 Å². The van der Waals surface area contributed by atoms with Gasteiger partial charge in [-0.2, -0.15) is 0 Å². The first-order valence-electron chi connectivity index (χ1n) is 5.66. The first kappa shape index (κ1) is 12.1. The van der Waals surface area contributed by atoms with Gasteiger partial charge in [0.05, 0.1) is 5.60 Å². The van der Waals surface area contributed by atoms with E-state index >= 15 is 0 Å². The minimum atomic E-state index is -0.563. The van der Waals surface area contributed by atoms with Crippen molar-refractivity contribution < 1.29 is 5.11 Å². The molecule has 1 fully saturated rings. The maximum atomic E-state index is 10.1. The fourth-order valence-corrected chi connectivity index (χ4v) is 3.02. The summed E-state index contributed by atoms with van der Waals surface area (Å²) in [5, 5.41) is 10.1. The van der Waals surface area contributed by atoms with Crippen molar-refractivity contribution >= 4 is 15.9 Å². The summed E-state index contributed by atoms with van der Waals surface area (Å²) in [5.41, 5.74) is 6.58. The maximum Gasteiger partial charge on any atom is 0.0629 e. The van der Waals surface area contributed by atoms with E-state index in [9.17, 15) is 5.11 Å².